The number of amides is 1. The van der Waals surface area contributed by atoms with Crippen LogP contribution in [-0.2, 0) is 16.1 Å². The molecule has 27 heavy (non-hydrogen) atoms. The van der Waals surface area contributed by atoms with Gasteiger partial charge in [-0.1, -0.05) is 18.7 Å². The molecule has 1 aromatic carbocycles. The molecule has 6 heteroatoms. The molecule has 1 rings (SSSR count). The van der Waals surface area contributed by atoms with Gasteiger partial charge in [-0.3, -0.25) is 9.59 Å². The van der Waals surface area contributed by atoms with Gasteiger partial charge in [0.1, 0.15) is 5.78 Å². The Morgan fingerprint density at radius 1 is 1.22 bits per heavy atom. The highest BCUT2D eigenvalue weighted by Crippen LogP contribution is 2.18. The van der Waals surface area contributed by atoms with Gasteiger partial charge >= 0.3 is 0 Å². The van der Waals surface area contributed by atoms with Crippen LogP contribution in [0.25, 0.3) is 0 Å². The maximum Gasteiger partial charge on any atom is 0.254 e. The molecule has 0 aliphatic carbocycles. The zero-order valence-electron chi connectivity index (χ0n) is 16.8. The standard InChI is InChI=1S/C21H31N3O3/c1-14(11-12-22)23-13-18-7-6-8-19(16(18)3)21(27)24(5)20(17(4)26)10-9-15(2)25/h6-8,20,23H,1,9-13,22H2,2-5H3. The first-order valence-electron chi connectivity index (χ1n) is 9.16. The van der Waals surface area contributed by atoms with Crippen molar-refractivity contribution in [3.8, 4) is 0 Å². The fourth-order valence-corrected chi connectivity index (χ4v) is 2.93. The number of likely N-dealkylation sites (N-methyl/N-ethyl adjacent to an activating group) is 1. The molecule has 1 amide bonds. The van der Waals surface area contributed by atoms with Gasteiger partial charge in [0.25, 0.3) is 5.91 Å². The third kappa shape index (κ3) is 6.64. The Hall–Kier alpha value is -2.47. The van der Waals surface area contributed by atoms with Crippen LogP contribution in [-0.4, -0.2) is 42.0 Å². The topological polar surface area (TPSA) is 92.5 Å². The molecule has 0 saturated heterocycles. The molecule has 0 saturated carbocycles. The second-order valence-corrected chi connectivity index (χ2v) is 6.87. The lowest BCUT2D eigenvalue weighted by atomic mass is 9.99. The minimum atomic E-state index is -0.605. The number of benzene rings is 1. The number of rotatable bonds is 11. The number of hydrogen-bond donors (Lipinski definition) is 2. The Labute approximate surface area is 161 Å². The average Bonchev–Trinajstić information content (AvgIpc) is 2.60. The number of Topliss-reactive ketones (excluding diaryl/α,β-unsaturated/α-hetero) is 2. The van der Waals surface area contributed by atoms with Gasteiger partial charge in [-0.15, -0.1) is 0 Å². The van der Waals surface area contributed by atoms with Crippen molar-refractivity contribution in [1.29, 1.82) is 0 Å². The second kappa shape index (κ2) is 10.6. The van der Waals surface area contributed by atoms with Gasteiger partial charge in [0.15, 0.2) is 5.78 Å². The first-order valence-corrected chi connectivity index (χ1v) is 9.16. The maximum atomic E-state index is 13.0. The van der Waals surface area contributed by atoms with Crippen LogP contribution in [0.15, 0.2) is 30.5 Å². The number of nitrogens with two attached hydrogens (primary N) is 1. The van der Waals surface area contributed by atoms with Crippen LogP contribution in [0.1, 0.15) is 54.6 Å². The molecule has 1 aromatic rings. The van der Waals surface area contributed by atoms with E-state index in [-0.39, 0.29) is 23.9 Å². The Kier molecular flexibility index (Phi) is 8.88. The van der Waals surface area contributed by atoms with Crippen LogP contribution in [0.4, 0.5) is 0 Å². The molecular weight excluding hydrogens is 342 g/mol. The summed E-state index contributed by atoms with van der Waals surface area (Å²) in [4.78, 5) is 37.7. The van der Waals surface area contributed by atoms with Crippen molar-refractivity contribution in [2.45, 2.75) is 52.6 Å². The molecule has 0 aromatic heterocycles. The predicted molar refractivity (Wildman–Crippen MR) is 107 cm³/mol. The zero-order valence-corrected chi connectivity index (χ0v) is 16.8. The lowest BCUT2D eigenvalue weighted by molar-refractivity contribution is -0.122. The Morgan fingerprint density at radius 3 is 2.44 bits per heavy atom. The first-order chi connectivity index (χ1) is 12.7. The summed E-state index contributed by atoms with van der Waals surface area (Å²) in [5.41, 5.74) is 8.77. The van der Waals surface area contributed by atoms with Gasteiger partial charge in [0.05, 0.1) is 6.04 Å². The van der Waals surface area contributed by atoms with Gasteiger partial charge in [-0.25, -0.2) is 0 Å². The lowest BCUT2D eigenvalue weighted by Crippen LogP contribution is -2.42. The summed E-state index contributed by atoms with van der Waals surface area (Å²) in [7, 11) is 1.61. The third-order valence-corrected chi connectivity index (χ3v) is 4.68. The van der Waals surface area contributed by atoms with Crippen LogP contribution in [0, 0.1) is 6.92 Å². The molecule has 0 aliphatic heterocycles. The van der Waals surface area contributed by atoms with E-state index in [1.54, 1.807) is 13.1 Å². The predicted octanol–water partition coefficient (Wildman–Crippen LogP) is 2.35. The van der Waals surface area contributed by atoms with Crippen molar-refractivity contribution >= 4 is 17.5 Å². The van der Waals surface area contributed by atoms with E-state index in [1.165, 1.54) is 18.7 Å². The quantitative estimate of drug-likeness (QED) is 0.621. The smallest absolute Gasteiger partial charge is 0.254 e. The molecule has 3 N–H and O–H groups in total. The van der Waals surface area contributed by atoms with E-state index in [1.807, 2.05) is 19.1 Å². The van der Waals surface area contributed by atoms with Gasteiger partial charge in [-0.05, 0) is 57.4 Å². The highest BCUT2D eigenvalue weighted by Gasteiger charge is 2.26. The van der Waals surface area contributed by atoms with E-state index in [0.717, 1.165) is 16.8 Å². The summed E-state index contributed by atoms with van der Waals surface area (Å²) < 4.78 is 0. The third-order valence-electron chi connectivity index (χ3n) is 4.68. The Bertz CT molecular complexity index is 713. The van der Waals surface area contributed by atoms with Crippen molar-refractivity contribution in [2.24, 2.45) is 5.73 Å². The van der Waals surface area contributed by atoms with Crippen molar-refractivity contribution in [3.05, 3.63) is 47.2 Å². The van der Waals surface area contributed by atoms with E-state index in [4.69, 9.17) is 5.73 Å². The van der Waals surface area contributed by atoms with Crippen LogP contribution in [0.2, 0.25) is 0 Å². The zero-order chi connectivity index (χ0) is 20.6. The molecule has 0 fully saturated rings. The highest BCUT2D eigenvalue weighted by molar-refractivity contribution is 5.98. The maximum absolute atomic E-state index is 13.0. The molecule has 6 nitrogen and oxygen atoms in total. The first kappa shape index (κ1) is 22.6. The summed E-state index contributed by atoms with van der Waals surface area (Å²) in [6.07, 6.45) is 1.30. The van der Waals surface area contributed by atoms with E-state index in [2.05, 4.69) is 11.9 Å². The summed E-state index contributed by atoms with van der Waals surface area (Å²) in [6, 6.07) is 4.93. The largest absolute Gasteiger partial charge is 0.385 e. The summed E-state index contributed by atoms with van der Waals surface area (Å²) >= 11 is 0. The van der Waals surface area contributed by atoms with Gasteiger partial charge in [0, 0.05) is 31.3 Å². The molecule has 0 aliphatic rings. The van der Waals surface area contributed by atoms with E-state index >= 15 is 0 Å². The minimum absolute atomic E-state index is 0.00376. The molecule has 1 unspecified atom stereocenters. The SMILES string of the molecule is C=C(CCN)NCc1cccc(C(=O)N(C)C(CCC(C)=O)C(C)=O)c1C. The average molecular weight is 373 g/mol. The molecule has 148 valence electrons. The van der Waals surface area contributed by atoms with Gasteiger partial charge < -0.3 is 20.7 Å². The van der Waals surface area contributed by atoms with Crippen LogP contribution < -0.4 is 11.1 Å². The molecule has 0 heterocycles. The fraction of sp³-hybridized carbons (Fsp3) is 0.476. The lowest BCUT2D eigenvalue weighted by Gasteiger charge is -2.27. The number of carbonyl (C=O) groups is 3. The molecular formula is C21H31N3O3. The van der Waals surface area contributed by atoms with E-state index in [0.29, 0.717) is 31.5 Å². The fourth-order valence-electron chi connectivity index (χ4n) is 2.93. The molecule has 0 bridgehead atoms. The van der Waals surface area contributed by atoms with Gasteiger partial charge in [-0.2, -0.15) is 0 Å². The number of nitrogens with one attached hydrogen (secondary N) is 1. The van der Waals surface area contributed by atoms with Gasteiger partial charge in [0.2, 0.25) is 0 Å². The molecule has 0 spiro atoms. The van der Waals surface area contributed by atoms with Crippen molar-refractivity contribution in [2.75, 3.05) is 13.6 Å². The Balaban J connectivity index is 2.98. The van der Waals surface area contributed by atoms with E-state index < -0.39 is 6.04 Å². The van der Waals surface area contributed by atoms with Crippen LogP contribution >= 0.6 is 0 Å². The number of nitrogens with zero attached hydrogens (tertiary/aromatic N) is 1. The summed E-state index contributed by atoms with van der Waals surface area (Å²) in [6.45, 7) is 9.83. The Morgan fingerprint density at radius 2 is 1.89 bits per heavy atom. The number of ketones is 2. The van der Waals surface area contributed by atoms with Crippen LogP contribution in [0.3, 0.4) is 0 Å². The van der Waals surface area contributed by atoms with Crippen molar-refractivity contribution in [1.82, 2.24) is 10.2 Å². The van der Waals surface area contributed by atoms with Crippen molar-refractivity contribution in [3.63, 3.8) is 0 Å². The summed E-state index contributed by atoms with van der Waals surface area (Å²) in [5.74, 6) is -0.344. The second-order valence-electron chi connectivity index (χ2n) is 6.87. The highest BCUT2D eigenvalue weighted by atomic mass is 16.2. The molecule has 0 radical (unpaired) electrons. The number of carbonyl (C=O) groups excluding carboxylic acids is 3. The van der Waals surface area contributed by atoms with E-state index in [9.17, 15) is 14.4 Å². The monoisotopic (exact) mass is 373 g/mol. The number of hydrogen-bond acceptors (Lipinski definition) is 5. The van der Waals surface area contributed by atoms with Crippen LogP contribution in [0.5, 0.6) is 0 Å². The summed E-state index contributed by atoms with van der Waals surface area (Å²) in [5, 5.41) is 3.22. The normalized spacial score (nSPS) is 11.6. The van der Waals surface area contributed by atoms with Crippen molar-refractivity contribution < 1.29 is 14.4 Å². The minimum Gasteiger partial charge on any atom is -0.385 e. The molecule has 1 atom stereocenters.